The van der Waals surface area contributed by atoms with Crippen LogP contribution in [0.3, 0.4) is 0 Å². The molecule has 0 amide bonds. The van der Waals surface area contributed by atoms with E-state index in [0.717, 1.165) is 12.8 Å². The molecule has 4 heterocycles. The molecule has 2 aromatic rings. The van der Waals surface area contributed by atoms with E-state index >= 15 is 0 Å². The number of fused-ring (bicyclic) bond motifs is 2. The number of anilines is 1. The molecule has 2 saturated heterocycles. The van der Waals surface area contributed by atoms with E-state index in [9.17, 15) is 14.4 Å². The molecule has 0 aromatic carbocycles. The van der Waals surface area contributed by atoms with Gasteiger partial charge in [0.25, 0.3) is 5.56 Å². The molecular weight excluding hydrogens is 462 g/mol. The molecule has 4 aliphatic rings. The second-order valence-corrected chi connectivity index (χ2v) is 11.4. The molecule has 0 bridgehead atoms. The first-order valence-electron chi connectivity index (χ1n) is 13.1. The van der Waals surface area contributed by atoms with Gasteiger partial charge in [0.2, 0.25) is 0 Å². The maximum absolute atomic E-state index is 11.8. The first-order chi connectivity index (χ1) is 17.1. The molecule has 2 aliphatic heterocycles. The molecular formula is C26H37N5O5. The minimum absolute atomic E-state index is 0.175. The fraction of sp³-hybridized carbons (Fsp3) is 0.692. The summed E-state index contributed by atoms with van der Waals surface area (Å²) in [6.45, 7) is 8.96. The molecule has 2 aliphatic carbocycles. The summed E-state index contributed by atoms with van der Waals surface area (Å²) in [6, 6.07) is 3.01. The van der Waals surface area contributed by atoms with Crippen molar-refractivity contribution in [2.75, 3.05) is 5.73 Å². The lowest BCUT2D eigenvalue weighted by atomic mass is 9.94. The average Bonchev–Trinajstić information content (AvgIpc) is 3.54. The lowest BCUT2D eigenvalue weighted by Gasteiger charge is -2.17. The monoisotopic (exact) mass is 499 g/mol. The molecule has 3 N–H and O–H groups in total. The molecule has 0 spiro atoms. The van der Waals surface area contributed by atoms with Crippen LogP contribution in [0.4, 0.5) is 5.82 Å². The molecule has 10 heteroatoms. The molecule has 6 rings (SSSR count). The van der Waals surface area contributed by atoms with Gasteiger partial charge in [-0.3, -0.25) is 18.9 Å². The highest BCUT2D eigenvalue weighted by Crippen LogP contribution is 2.49. The third-order valence-electron chi connectivity index (χ3n) is 8.81. The van der Waals surface area contributed by atoms with Gasteiger partial charge < -0.3 is 15.2 Å². The molecule has 0 radical (unpaired) electrons. The summed E-state index contributed by atoms with van der Waals surface area (Å²) in [5, 5.41) is 0. The van der Waals surface area contributed by atoms with Crippen LogP contribution in [0.1, 0.15) is 65.8 Å². The number of ether oxygens (including phenoxy) is 2. The largest absolute Gasteiger partial charge is 0.383 e. The normalized spacial score (nSPS) is 38.9. The maximum atomic E-state index is 11.8. The fourth-order valence-electron chi connectivity index (χ4n) is 7.08. The average molecular weight is 500 g/mol. The van der Waals surface area contributed by atoms with Crippen molar-refractivity contribution in [2.24, 2.45) is 35.5 Å². The lowest BCUT2D eigenvalue weighted by molar-refractivity contribution is -0.0219. The van der Waals surface area contributed by atoms with Crippen LogP contribution in [0.5, 0.6) is 0 Å². The van der Waals surface area contributed by atoms with Crippen molar-refractivity contribution in [3.05, 3.63) is 55.8 Å². The van der Waals surface area contributed by atoms with E-state index in [0.29, 0.717) is 35.5 Å². The molecule has 196 valence electrons. The predicted octanol–water partition coefficient (Wildman–Crippen LogP) is 2.52. The van der Waals surface area contributed by atoms with Gasteiger partial charge in [0.1, 0.15) is 18.3 Å². The number of nitrogens with two attached hydrogens (primary N) is 1. The van der Waals surface area contributed by atoms with Crippen molar-refractivity contribution in [1.29, 1.82) is 0 Å². The quantitative estimate of drug-likeness (QED) is 0.648. The Bertz CT molecular complexity index is 1240. The van der Waals surface area contributed by atoms with E-state index < -0.39 is 0 Å². The van der Waals surface area contributed by atoms with Crippen molar-refractivity contribution >= 4 is 5.82 Å². The van der Waals surface area contributed by atoms with Crippen LogP contribution < -0.4 is 22.7 Å². The Morgan fingerprint density at radius 1 is 0.806 bits per heavy atom. The van der Waals surface area contributed by atoms with Crippen molar-refractivity contribution < 1.29 is 9.47 Å². The number of aromatic amines is 1. The van der Waals surface area contributed by atoms with Crippen molar-refractivity contribution in [1.82, 2.24) is 19.1 Å². The predicted molar refractivity (Wildman–Crippen MR) is 134 cm³/mol. The van der Waals surface area contributed by atoms with Gasteiger partial charge in [-0.25, -0.2) is 9.59 Å². The molecule has 0 unspecified atom stereocenters. The number of hydrogen-bond acceptors (Lipinski definition) is 7. The maximum Gasteiger partial charge on any atom is 0.351 e. The van der Waals surface area contributed by atoms with E-state index in [1.165, 1.54) is 29.7 Å². The first-order valence-corrected chi connectivity index (χ1v) is 13.1. The Morgan fingerprint density at radius 2 is 1.33 bits per heavy atom. The molecule has 10 atom stereocenters. The summed E-state index contributed by atoms with van der Waals surface area (Å²) >= 11 is 0. The number of H-pyrrole nitrogens is 1. The van der Waals surface area contributed by atoms with Crippen molar-refractivity contribution in [3.8, 4) is 0 Å². The van der Waals surface area contributed by atoms with Gasteiger partial charge in [0, 0.05) is 18.5 Å². The fourth-order valence-corrected chi connectivity index (χ4v) is 7.08. The Hall–Kier alpha value is -2.72. The number of nitrogens with zero attached hydrogens (tertiary/aromatic N) is 3. The molecule has 10 nitrogen and oxygen atoms in total. The van der Waals surface area contributed by atoms with E-state index in [1.54, 1.807) is 16.8 Å². The topological polar surface area (TPSA) is 134 Å². The van der Waals surface area contributed by atoms with Crippen molar-refractivity contribution in [3.63, 3.8) is 0 Å². The number of hydrogen-bond donors (Lipinski definition) is 2. The number of nitrogen functional groups attached to an aromatic ring is 1. The van der Waals surface area contributed by atoms with Gasteiger partial charge in [-0.2, -0.15) is 4.98 Å². The van der Waals surface area contributed by atoms with E-state index in [-0.39, 0.29) is 47.4 Å². The van der Waals surface area contributed by atoms with Crippen LogP contribution in [0.15, 0.2) is 38.9 Å². The highest BCUT2D eigenvalue weighted by Gasteiger charge is 2.48. The lowest BCUT2D eigenvalue weighted by Crippen LogP contribution is -2.32. The van der Waals surface area contributed by atoms with Gasteiger partial charge in [-0.05, 0) is 67.3 Å². The summed E-state index contributed by atoms with van der Waals surface area (Å²) in [5.74, 6) is 3.80. The summed E-state index contributed by atoms with van der Waals surface area (Å²) in [7, 11) is 0. The summed E-state index contributed by atoms with van der Waals surface area (Å²) in [6.07, 6.45) is 7.54. The number of nitrogens with one attached hydrogen (secondary N) is 1. The smallest absolute Gasteiger partial charge is 0.351 e. The zero-order chi connectivity index (χ0) is 25.7. The zero-order valence-electron chi connectivity index (χ0n) is 21.4. The summed E-state index contributed by atoms with van der Waals surface area (Å²) < 4.78 is 15.1. The van der Waals surface area contributed by atoms with Crippen LogP contribution in [0, 0.1) is 35.5 Å². The zero-order valence-corrected chi connectivity index (χ0v) is 21.4. The summed E-state index contributed by atoms with van der Waals surface area (Å²) in [5.41, 5.74) is 4.43. The van der Waals surface area contributed by atoms with Crippen molar-refractivity contribution in [2.45, 2.75) is 78.0 Å². The highest BCUT2D eigenvalue weighted by atomic mass is 16.5. The second kappa shape index (κ2) is 9.63. The van der Waals surface area contributed by atoms with Crippen LogP contribution in [0.2, 0.25) is 0 Å². The second-order valence-electron chi connectivity index (χ2n) is 11.4. The van der Waals surface area contributed by atoms with Crippen LogP contribution in [-0.2, 0) is 9.47 Å². The van der Waals surface area contributed by atoms with Gasteiger partial charge >= 0.3 is 11.4 Å². The number of rotatable bonds is 2. The van der Waals surface area contributed by atoms with E-state index in [4.69, 9.17) is 15.2 Å². The standard InChI is InChI=1S/C13H19N3O2.C13H18N2O3/c1-7-5-8(2)12-9(7)6-11(18-12)16-4-3-10(14)15-13(16)17;1-7-5-8(2)12-9(7)6-11(18-12)15-4-3-10(16)14-13(15)17/h3-4,7-9,11-12H,5-6H2,1-2H3,(H2,14,15,17);3-4,7-9,11-12H,5-6H2,1-2H3,(H,14,16,17)/t2*7-,8-,9+,11-,12-/m11/s1. The van der Waals surface area contributed by atoms with Gasteiger partial charge in [-0.15, -0.1) is 0 Å². The SMILES string of the molecule is C[C@@H]1C[C@@H](C)[C@H]2O[C@@H](n3ccc(=O)[nH]c3=O)C[C@H]21.C[C@@H]1C[C@@H](C)[C@H]2O[C@@H](n3ccc(N)nc3=O)C[C@H]21. The Morgan fingerprint density at radius 3 is 1.83 bits per heavy atom. The minimum Gasteiger partial charge on any atom is -0.383 e. The van der Waals surface area contributed by atoms with Crippen LogP contribution in [-0.4, -0.2) is 31.3 Å². The molecule has 36 heavy (non-hydrogen) atoms. The Balaban J connectivity index is 0.000000148. The van der Waals surface area contributed by atoms with Gasteiger partial charge in [0.15, 0.2) is 0 Å². The van der Waals surface area contributed by atoms with Gasteiger partial charge in [-0.1, -0.05) is 27.7 Å². The Labute approximate surface area is 209 Å². The highest BCUT2D eigenvalue weighted by molar-refractivity contribution is 5.23. The number of aromatic nitrogens is 4. The van der Waals surface area contributed by atoms with E-state index in [2.05, 4.69) is 37.7 Å². The minimum atomic E-state index is -0.382. The summed E-state index contributed by atoms with van der Waals surface area (Å²) in [4.78, 5) is 40.6. The Kier molecular flexibility index (Phi) is 6.67. The first kappa shape index (κ1) is 25.0. The van der Waals surface area contributed by atoms with Gasteiger partial charge in [0.05, 0.1) is 12.2 Å². The third kappa shape index (κ3) is 4.56. The van der Waals surface area contributed by atoms with E-state index in [1.807, 2.05) is 0 Å². The molecule has 4 fully saturated rings. The molecule has 2 aromatic heterocycles. The molecule has 2 saturated carbocycles. The third-order valence-corrected chi connectivity index (χ3v) is 8.81. The van der Waals surface area contributed by atoms with Crippen LogP contribution in [0.25, 0.3) is 0 Å². The van der Waals surface area contributed by atoms with Crippen LogP contribution >= 0.6 is 0 Å².